The summed E-state index contributed by atoms with van der Waals surface area (Å²) >= 11 is 3.18. The zero-order valence-electron chi connectivity index (χ0n) is 13.2. The summed E-state index contributed by atoms with van der Waals surface area (Å²) in [5.74, 6) is -0.531. The molecule has 0 bridgehead atoms. The standard InChI is InChI=1S/C16H20BrFN2O3S/c17-13-5-6-14(18)15(11-13)24(22,23)20-9-7-19(8-10-20)16(21)12-3-1-2-4-12/h5-6,11-12H,1-4,7-10H2. The minimum Gasteiger partial charge on any atom is -0.340 e. The number of carbonyl (C=O) groups is 1. The molecule has 1 aliphatic carbocycles. The van der Waals surface area contributed by atoms with Gasteiger partial charge in [0.05, 0.1) is 0 Å². The van der Waals surface area contributed by atoms with E-state index in [-0.39, 0.29) is 29.8 Å². The van der Waals surface area contributed by atoms with Crippen molar-refractivity contribution in [3.05, 3.63) is 28.5 Å². The van der Waals surface area contributed by atoms with E-state index in [4.69, 9.17) is 0 Å². The highest BCUT2D eigenvalue weighted by Gasteiger charge is 2.34. The lowest BCUT2D eigenvalue weighted by molar-refractivity contribution is -0.136. The first kappa shape index (κ1) is 17.8. The lowest BCUT2D eigenvalue weighted by Gasteiger charge is -2.35. The minimum atomic E-state index is -3.89. The highest BCUT2D eigenvalue weighted by atomic mass is 79.9. The second-order valence-electron chi connectivity index (χ2n) is 6.29. The van der Waals surface area contributed by atoms with Gasteiger partial charge in [0.15, 0.2) is 0 Å². The summed E-state index contributed by atoms with van der Waals surface area (Å²) < 4.78 is 41.0. The van der Waals surface area contributed by atoms with Crippen molar-refractivity contribution in [3.8, 4) is 0 Å². The van der Waals surface area contributed by atoms with Gasteiger partial charge in [-0.25, -0.2) is 12.8 Å². The van der Waals surface area contributed by atoms with Crippen molar-refractivity contribution in [2.24, 2.45) is 5.92 Å². The number of carbonyl (C=O) groups excluding carboxylic acids is 1. The molecule has 0 aromatic heterocycles. The average Bonchev–Trinajstić information content (AvgIpc) is 3.11. The molecule has 2 aliphatic rings. The van der Waals surface area contributed by atoms with Crippen LogP contribution in [0, 0.1) is 11.7 Å². The first-order valence-corrected chi connectivity index (χ1v) is 10.4. The van der Waals surface area contributed by atoms with E-state index in [0.717, 1.165) is 31.7 Å². The summed E-state index contributed by atoms with van der Waals surface area (Å²) in [5.41, 5.74) is 0. The number of nitrogens with zero attached hydrogens (tertiary/aromatic N) is 2. The van der Waals surface area contributed by atoms with E-state index in [1.165, 1.54) is 16.4 Å². The molecule has 24 heavy (non-hydrogen) atoms. The number of sulfonamides is 1. The first-order chi connectivity index (χ1) is 11.4. The largest absolute Gasteiger partial charge is 0.340 e. The van der Waals surface area contributed by atoms with Gasteiger partial charge in [0.25, 0.3) is 0 Å². The molecule has 1 amide bonds. The second kappa shape index (κ2) is 7.09. The Balaban J connectivity index is 1.69. The van der Waals surface area contributed by atoms with E-state index < -0.39 is 15.8 Å². The van der Waals surface area contributed by atoms with Gasteiger partial charge in [0, 0.05) is 36.6 Å². The van der Waals surface area contributed by atoms with Gasteiger partial charge in [-0.3, -0.25) is 4.79 Å². The van der Waals surface area contributed by atoms with Gasteiger partial charge in [-0.15, -0.1) is 0 Å². The molecule has 1 saturated carbocycles. The Kier molecular flexibility index (Phi) is 5.27. The number of halogens is 2. The molecule has 8 heteroatoms. The molecule has 1 saturated heterocycles. The van der Waals surface area contributed by atoms with E-state index in [1.54, 1.807) is 4.90 Å². The molecule has 1 aromatic rings. The number of hydrogen-bond donors (Lipinski definition) is 0. The van der Waals surface area contributed by atoms with Crippen molar-refractivity contribution >= 4 is 31.9 Å². The highest BCUT2D eigenvalue weighted by Crippen LogP contribution is 2.28. The molecule has 2 fully saturated rings. The van der Waals surface area contributed by atoms with Crippen molar-refractivity contribution in [1.82, 2.24) is 9.21 Å². The van der Waals surface area contributed by atoms with Crippen LogP contribution in [0.4, 0.5) is 4.39 Å². The van der Waals surface area contributed by atoms with Gasteiger partial charge >= 0.3 is 0 Å². The smallest absolute Gasteiger partial charge is 0.246 e. The van der Waals surface area contributed by atoms with Crippen LogP contribution in [0.1, 0.15) is 25.7 Å². The summed E-state index contributed by atoms with van der Waals surface area (Å²) in [6.45, 7) is 1.13. The predicted octanol–water partition coefficient (Wildman–Crippen LogP) is 2.61. The summed E-state index contributed by atoms with van der Waals surface area (Å²) in [7, 11) is -3.89. The second-order valence-corrected chi connectivity index (χ2v) is 9.11. The number of hydrogen-bond acceptors (Lipinski definition) is 3. The van der Waals surface area contributed by atoms with Crippen LogP contribution in [-0.4, -0.2) is 49.7 Å². The Morgan fingerprint density at radius 3 is 2.38 bits per heavy atom. The molecule has 0 unspecified atom stereocenters. The molecular formula is C16H20BrFN2O3S. The van der Waals surface area contributed by atoms with Crippen LogP contribution in [0.15, 0.2) is 27.6 Å². The Bertz CT molecular complexity index is 727. The predicted molar refractivity (Wildman–Crippen MR) is 91.4 cm³/mol. The lowest BCUT2D eigenvalue weighted by Crippen LogP contribution is -2.51. The van der Waals surface area contributed by atoms with Gasteiger partial charge in [0.2, 0.25) is 15.9 Å². The van der Waals surface area contributed by atoms with Crippen molar-refractivity contribution < 1.29 is 17.6 Å². The Hall–Kier alpha value is -0.990. The van der Waals surface area contributed by atoms with Crippen LogP contribution in [0.2, 0.25) is 0 Å². The number of rotatable bonds is 3. The topological polar surface area (TPSA) is 57.7 Å². The van der Waals surface area contributed by atoms with E-state index in [2.05, 4.69) is 15.9 Å². The Labute approximate surface area is 150 Å². The van der Waals surface area contributed by atoms with Crippen LogP contribution in [0.25, 0.3) is 0 Å². The SMILES string of the molecule is O=C(C1CCCC1)N1CCN(S(=O)(=O)c2cc(Br)ccc2F)CC1. The molecule has 1 aliphatic heterocycles. The highest BCUT2D eigenvalue weighted by molar-refractivity contribution is 9.10. The maximum absolute atomic E-state index is 13.9. The van der Waals surface area contributed by atoms with E-state index in [9.17, 15) is 17.6 Å². The number of piperazine rings is 1. The summed E-state index contributed by atoms with van der Waals surface area (Å²) in [6.07, 6.45) is 4.04. The zero-order valence-corrected chi connectivity index (χ0v) is 15.7. The molecule has 1 aromatic carbocycles. The minimum absolute atomic E-state index is 0.0932. The summed E-state index contributed by atoms with van der Waals surface area (Å²) in [4.78, 5) is 13.8. The summed E-state index contributed by atoms with van der Waals surface area (Å²) in [5, 5.41) is 0. The summed E-state index contributed by atoms with van der Waals surface area (Å²) in [6, 6.07) is 3.88. The van der Waals surface area contributed by atoms with Gasteiger partial charge in [-0.1, -0.05) is 28.8 Å². The van der Waals surface area contributed by atoms with Crippen molar-refractivity contribution in [2.45, 2.75) is 30.6 Å². The number of amides is 1. The molecule has 0 radical (unpaired) electrons. The molecule has 5 nitrogen and oxygen atoms in total. The van der Waals surface area contributed by atoms with Gasteiger partial charge in [0.1, 0.15) is 10.7 Å². The van der Waals surface area contributed by atoms with Gasteiger partial charge in [-0.2, -0.15) is 4.31 Å². The quantitative estimate of drug-likeness (QED) is 0.757. The zero-order chi connectivity index (χ0) is 17.3. The molecule has 0 atom stereocenters. The third-order valence-corrected chi connectivity index (χ3v) is 7.17. The maximum Gasteiger partial charge on any atom is 0.246 e. The Morgan fingerprint density at radius 1 is 1.12 bits per heavy atom. The molecular weight excluding hydrogens is 399 g/mol. The molecule has 0 N–H and O–H groups in total. The van der Waals surface area contributed by atoms with Crippen LogP contribution >= 0.6 is 15.9 Å². The van der Waals surface area contributed by atoms with Crippen LogP contribution < -0.4 is 0 Å². The first-order valence-electron chi connectivity index (χ1n) is 8.13. The fraction of sp³-hybridized carbons (Fsp3) is 0.562. The van der Waals surface area contributed by atoms with Crippen molar-refractivity contribution in [1.29, 1.82) is 0 Å². The van der Waals surface area contributed by atoms with Crippen molar-refractivity contribution in [2.75, 3.05) is 26.2 Å². The van der Waals surface area contributed by atoms with Gasteiger partial charge < -0.3 is 4.90 Å². The molecule has 132 valence electrons. The monoisotopic (exact) mass is 418 g/mol. The Morgan fingerprint density at radius 2 is 1.75 bits per heavy atom. The van der Waals surface area contributed by atoms with E-state index >= 15 is 0 Å². The van der Waals surface area contributed by atoms with Crippen LogP contribution in [0.3, 0.4) is 0 Å². The maximum atomic E-state index is 13.9. The van der Waals surface area contributed by atoms with Crippen molar-refractivity contribution in [3.63, 3.8) is 0 Å². The third kappa shape index (κ3) is 3.50. The van der Waals surface area contributed by atoms with Crippen LogP contribution in [0.5, 0.6) is 0 Å². The molecule has 0 spiro atoms. The fourth-order valence-electron chi connectivity index (χ4n) is 3.39. The van der Waals surface area contributed by atoms with Crippen LogP contribution in [-0.2, 0) is 14.8 Å². The van der Waals surface area contributed by atoms with Gasteiger partial charge in [-0.05, 0) is 31.0 Å². The third-order valence-electron chi connectivity index (χ3n) is 4.77. The average molecular weight is 419 g/mol. The number of benzene rings is 1. The van der Waals surface area contributed by atoms with E-state index in [0.29, 0.717) is 17.6 Å². The molecule has 3 rings (SSSR count). The fourth-order valence-corrected chi connectivity index (χ4v) is 5.42. The molecule has 1 heterocycles. The normalized spacial score (nSPS) is 20.5. The lowest BCUT2D eigenvalue weighted by atomic mass is 10.1. The van der Waals surface area contributed by atoms with E-state index in [1.807, 2.05) is 0 Å².